The normalized spacial score (nSPS) is 12.5. The number of aliphatic hydroxyl groups is 1. The highest BCUT2D eigenvalue weighted by molar-refractivity contribution is 5.69. The van der Waals surface area contributed by atoms with Crippen LogP contribution in [-0.4, -0.2) is 37.0 Å². The van der Waals surface area contributed by atoms with E-state index in [1.165, 1.54) is 154 Å². The number of carbonyl (C=O) groups is 1. The van der Waals surface area contributed by atoms with E-state index in [0.717, 1.165) is 25.7 Å². The zero-order valence-corrected chi connectivity index (χ0v) is 29.7. The highest BCUT2D eigenvalue weighted by Crippen LogP contribution is 2.14. The molecule has 0 amide bonds. The van der Waals surface area contributed by atoms with Crippen molar-refractivity contribution in [1.82, 2.24) is 0 Å². The van der Waals surface area contributed by atoms with Crippen LogP contribution in [0.15, 0.2) is 24.3 Å². The largest absolute Gasteiger partial charge is 0.457 e. The van der Waals surface area contributed by atoms with Crippen molar-refractivity contribution in [1.29, 1.82) is 0 Å². The number of unbranched alkanes of at least 4 members (excludes halogenated alkanes) is 24. The van der Waals surface area contributed by atoms with E-state index in [9.17, 15) is 9.90 Å². The summed E-state index contributed by atoms with van der Waals surface area (Å²) in [6.45, 7) is 5.29. The van der Waals surface area contributed by atoms with Gasteiger partial charge in [0.15, 0.2) is 0 Å². The molecule has 0 saturated heterocycles. The molecule has 0 saturated carbocycles. The molecule has 260 valence electrons. The third-order valence-corrected chi connectivity index (χ3v) is 8.53. The highest BCUT2D eigenvalue weighted by atomic mass is 16.6. The second-order valence-electron chi connectivity index (χ2n) is 13.0. The van der Waals surface area contributed by atoms with Crippen LogP contribution in [0.3, 0.4) is 0 Å². The van der Waals surface area contributed by atoms with Crippen molar-refractivity contribution < 1.29 is 19.4 Å². The monoisotopic (exact) mass is 621 g/mol. The van der Waals surface area contributed by atoms with Crippen LogP contribution < -0.4 is 0 Å². The molecule has 1 N–H and O–H groups in total. The Kier molecular flexibility index (Phi) is 37.1. The van der Waals surface area contributed by atoms with E-state index in [1.54, 1.807) is 0 Å². The van der Waals surface area contributed by atoms with Crippen LogP contribution in [-0.2, 0) is 14.3 Å². The smallest absolute Gasteiger partial charge is 0.306 e. The molecular weight excluding hydrogens is 544 g/mol. The third-order valence-electron chi connectivity index (χ3n) is 8.53. The molecule has 0 rings (SSSR count). The Bertz CT molecular complexity index is 614. The Morgan fingerprint density at radius 3 is 1.41 bits per heavy atom. The van der Waals surface area contributed by atoms with E-state index in [-0.39, 0.29) is 12.6 Å². The van der Waals surface area contributed by atoms with Crippen molar-refractivity contribution in [3.63, 3.8) is 0 Å². The maximum Gasteiger partial charge on any atom is 0.306 e. The first-order valence-electron chi connectivity index (χ1n) is 19.4. The molecule has 1 unspecified atom stereocenters. The van der Waals surface area contributed by atoms with Gasteiger partial charge in [-0.1, -0.05) is 173 Å². The summed E-state index contributed by atoms with van der Waals surface area (Å²) in [4.78, 5) is 12.0. The second kappa shape index (κ2) is 38.1. The van der Waals surface area contributed by atoms with Crippen molar-refractivity contribution >= 4 is 5.97 Å². The predicted molar refractivity (Wildman–Crippen MR) is 191 cm³/mol. The van der Waals surface area contributed by atoms with Crippen LogP contribution in [0.4, 0.5) is 0 Å². The Morgan fingerprint density at radius 2 is 0.955 bits per heavy atom. The van der Waals surface area contributed by atoms with Crippen molar-refractivity contribution in [3.05, 3.63) is 24.3 Å². The lowest BCUT2D eigenvalue weighted by Crippen LogP contribution is -2.27. The summed E-state index contributed by atoms with van der Waals surface area (Å²) >= 11 is 0. The van der Waals surface area contributed by atoms with E-state index in [2.05, 4.69) is 38.2 Å². The zero-order chi connectivity index (χ0) is 32.0. The summed E-state index contributed by atoms with van der Waals surface area (Å²) in [6, 6.07) is 0. The van der Waals surface area contributed by atoms with Crippen LogP contribution in [0.25, 0.3) is 0 Å². The number of carbonyl (C=O) groups excluding carboxylic acids is 1. The van der Waals surface area contributed by atoms with E-state index in [0.29, 0.717) is 19.6 Å². The van der Waals surface area contributed by atoms with Gasteiger partial charge in [-0.15, -0.1) is 0 Å². The zero-order valence-electron chi connectivity index (χ0n) is 29.7. The fourth-order valence-corrected chi connectivity index (χ4v) is 5.59. The first kappa shape index (κ1) is 42.9. The molecule has 0 aliphatic carbocycles. The number of esters is 1. The number of allylic oxidation sites excluding steroid dienone is 4. The maximum absolute atomic E-state index is 12.0. The molecule has 0 aliphatic rings. The quantitative estimate of drug-likeness (QED) is 0.0430. The SMILES string of the molecule is CCCCCCC/C=C\C/C=C\CCCCCCCCCCCCCCCCOCC(CO)OC(=O)CCCCCCCC. The van der Waals surface area contributed by atoms with Gasteiger partial charge >= 0.3 is 5.97 Å². The summed E-state index contributed by atoms with van der Waals surface area (Å²) in [7, 11) is 0. The lowest BCUT2D eigenvalue weighted by atomic mass is 10.0. The van der Waals surface area contributed by atoms with Crippen LogP contribution >= 0.6 is 0 Å². The van der Waals surface area contributed by atoms with Gasteiger partial charge in [-0.3, -0.25) is 4.79 Å². The van der Waals surface area contributed by atoms with Crippen LogP contribution in [0.5, 0.6) is 0 Å². The minimum atomic E-state index is -0.526. The van der Waals surface area contributed by atoms with E-state index in [4.69, 9.17) is 9.47 Å². The maximum atomic E-state index is 12.0. The summed E-state index contributed by atoms with van der Waals surface area (Å²) in [5, 5.41) is 9.48. The lowest BCUT2D eigenvalue weighted by Gasteiger charge is -2.15. The molecule has 0 heterocycles. The molecule has 0 bridgehead atoms. The van der Waals surface area contributed by atoms with E-state index in [1.807, 2.05) is 0 Å². The molecule has 0 aliphatic heterocycles. The topological polar surface area (TPSA) is 55.8 Å². The molecule has 4 heteroatoms. The molecule has 0 aromatic rings. The van der Waals surface area contributed by atoms with Crippen molar-refractivity contribution in [2.75, 3.05) is 19.8 Å². The van der Waals surface area contributed by atoms with Crippen LogP contribution in [0, 0.1) is 0 Å². The Labute approximate surface area is 275 Å². The van der Waals surface area contributed by atoms with Gasteiger partial charge in [0.1, 0.15) is 6.10 Å². The van der Waals surface area contributed by atoms with Gasteiger partial charge in [-0.25, -0.2) is 0 Å². The predicted octanol–water partition coefficient (Wildman–Crippen LogP) is 12.4. The number of aliphatic hydroxyl groups excluding tert-OH is 1. The van der Waals surface area contributed by atoms with Crippen molar-refractivity contribution in [3.8, 4) is 0 Å². The minimum Gasteiger partial charge on any atom is -0.457 e. The molecule has 0 aromatic heterocycles. The van der Waals surface area contributed by atoms with Gasteiger partial charge in [0.05, 0.1) is 13.2 Å². The number of rotatable bonds is 36. The van der Waals surface area contributed by atoms with E-state index < -0.39 is 6.10 Å². The first-order chi connectivity index (χ1) is 21.7. The highest BCUT2D eigenvalue weighted by Gasteiger charge is 2.13. The molecular formula is C40H76O4. The average molecular weight is 621 g/mol. The number of ether oxygens (including phenoxy) is 2. The van der Waals surface area contributed by atoms with Crippen LogP contribution in [0.2, 0.25) is 0 Å². The molecule has 1 atom stereocenters. The Balaban J connectivity index is 3.32. The molecule has 44 heavy (non-hydrogen) atoms. The van der Waals surface area contributed by atoms with Gasteiger partial charge in [-0.05, 0) is 44.9 Å². The fourth-order valence-electron chi connectivity index (χ4n) is 5.59. The second-order valence-corrected chi connectivity index (χ2v) is 13.0. The lowest BCUT2D eigenvalue weighted by molar-refractivity contribution is -0.154. The minimum absolute atomic E-state index is 0.169. The standard InChI is InChI=1S/C40H76O4/c1-3-5-7-9-11-12-13-14-15-16-17-18-19-20-21-22-23-24-25-26-27-28-29-30-32-34-36-43-38-39(37-41)44-40(42)35-33-31-10-8-6-4-2/h13-14,16-17,39,41H,3-12,15,18-38H2,1-2H3/b14-13-,17-16-. The Hall–Kier alpha value is -1.13. The number of hydrogen-bond donors (Lipinski definition) is 1. The molecule has 0 fully saturated rings. The van der Waals surface area contributed by atoms with E-state index >= 15 is 0 Å². The summed E-state index contributed by atoms with van der Waals surface area (Å²) in [5.41, 5.74) is 0. The average Bonchev–Trinajstić information content (AvgIpc) is 3.03. The molecule has 0 spiro atoms. The molecule has 4 nitrogen and oxygen atoms in total. The fraction of sp³-hybridized carbons (Fsp3) is 0.875. The first-order valence-corrected chi connectivity index (χ1v) is 19.4. The van der Waals surface area contributed by atoms with Gasteiger partial charge in [0.2, 0.25) is 0 Å². The summed E-state index contributed by atoms with van der Waals surface area (Å²) in [6.07, 6.45) is 45.4. The third kappa shape index (κ3) is 35.4. The Morgan fingerprint density at radius 1 is 0.545 bits per heavy atom. The van der Waals surface area contributed by atoms with Gasteiger partial charge in [0, 0.05) is 13.0 Å². The summed E-state index contributed by atoms with van der Waals surface area (Å²) < 4.78 is 11.0. The van der Waals surface area contributed by atoms with Crippen LogP contribution in [0.1, 0.15) is 200 Å². The van der Waals surface area contributed by atoms with Crippen molar-refractivity contribution in [2.45, 2.75) is 206 Å². The number of hydrogen-bond acceptors (Lipinski definition) is 4. The van der Waals surface area contributed by atoms with Gasteiger partial charge in [0.25, 0.3) is 0 Å². The summed E-state index contributed by atoms with van der Waals surface area (Å²) in [5.74, 6) is -0.209. The van der Waals surface area contributed by atoms with Gasteiger partial charge < -0.3 is 14.6 Å². The molecule has 0 radical (unpaired) electrons. The van der Waals surface area contributed by atoms with Crippen molar-refractivity contribution in [2.24, 2.45) is 0 Å². The van der Waals surface area contributed by atoms with Gasteiger partial charge in [-0.2, -0.15) is 0 Å². The molecule has 0 aromatic carbocycles.